The average molecular weight is 291 g/mol. The van der Waals surface area contributed by atoms with Crippen LogP contribution in [0.4, 0.5) is 0 Å². The summed E-state index contributed by atoms with van der Waals surface area (Å²) in [6, 6.07) is 8.19. The first-order valence-corrected chi connectivity index (χ1v) is 8.25. The van der Waals surface area contributed by atoms with E-state index in [1.807, 2.05) is 12.1 Å². The number of methoxy groups -OCH3 is 1. The largest absolute Gasteiger partial charge is 0.497 e. The van der Waals surface area contributed by atoms with Gasteiger partial charge in [0.25, 0.3) is 0 Å². The Morgan fingerprint density at radius 3 is 2.43 bits per heavy atom. The topological polar surface area (TPSA) is 30.5 Å². The van der Waals surface area contributed by atoms with E-state index in [-0.39, 0.29) is 5.60 Å². The third kappa shape index (κ3) is 5.01. The van der Waals surface area contributed by atoms with Gasteiger partial charge in [-0.15, -0.1) is 0 Å². The lowest BCUT2D eigenvalue weighted by Gasteiger charge is -2.37. The lowest BCUT2D eigenvalue weighted by molar-refractivity contribution is -0.0784. The van der Waals surface area contributed by atoms with Crippen LogP contribution in [-0.2, 0) is 11.3 Å². The lowest BCUT2D eigenvalue weighted by Crippen LogP contribution is -2.44. The van der Waals surface area contributed by atoms with Crippen molar-refractivity contribution in [1.29, 1.82) is 0 Å². The predicted molar refractivity (Wildman–Crippen MR) is 86.8 cm³/mol. The van der Waals surface area contributed by atoms with Crippen molar-refractivity contribution in [1.82, 2.24) is 5.32 Å². The summed E-state index contributed by atoms with van der Waals surface area (Å²) in [6.07, 6.45) is 7.46. The first-order chi connectivity index (χ1) is 10.3. The zero-order valence-corrected chi connectivity index (χ0v) is 13.5. The molecule has 118 valence electrons. The summed E-state index contributed by atoms with van der Waals surface area (Å²) >= 11 is 0. The molecule has 1 aromatic carbocycles. The molecule has 1 fully saturated rings. The van der Waals surface area contributed by atoms with Gasteiger partial charge in [-0.2, -0.15) is 0 Å². The normalized spacial score (nSPS) is 17.6. The van der Waals surface area contributed by atoms with Gasteiger partial charge in [0, 0.05) is 6.54 Å². The van der Waals surface area contributed by atoms with E-state index in [2.05, 4.69) is 24.4 Å². The van der Waals surface area contributed by atoms with Crippen molar-refractivity contribution in [3.05, 3.63) is 29.8 Å². The zero-order valence-electron chi connectivity index (χ0n) is 13.5. The fraction of sp³-hybridized carbons (Fsp3) is 0.667. The van der Waals surface area contributed by atoms with Crippen LogP contribution in [0.15, 0.2) is 24.3 Å². The Balaban J connectivity index is 1.90. The molecule has 0 amide bonds. The van der Waals surface area contributed by atoms with Gasteiger partial charge in [0.15, 0.2) is 0 Å². The van der Waals surface area contributed by atoms with Crippen LogP contribution in [0.25, 0.3) is 0 Å². The van der Waals surface area contributed by atoms with Gasteiger partial charge in [-0.3, -0.25) is 0 Å². The number of rotatable bonds is 8. The Morgan fingerprint density at radius 1 is 1.10 bits per heavy atom. The van der Waals surface area contributed by atoms with Crippen LogP contribution in [0.5, 0.6) is 5.75 Å². The summed E-state index contributed by atoms with van der Waals surface area (Å²) in [6.45, 7) is 4.96. The SMILES string of the molecule is CCCNCC1(OCc2ccc(OC)cc2)CCCCC1. The van der Waals surface area contributed by atoms with Gasteiger partial charge in [0.2, 0.25) is 0 Å². The summed E-state index contributed by atoms with van der Waals surface area (Å²) in [5.41, 5.74) is 1.25. The van der Waals surface area contributed by atoms with Crippen molar-refractivity contribution in [2.24, 2.45) is 0 Å². The molecule has 1 N–H and O–H groups in total. The Morgan fingerprint density at radius 2 is 1.81 bits per heavy atom. The van der Waals surface area contributed by atoms with Crippen molar-refractivity contribution in [3.63, 3.8) is 0 Å². The Hall–Kier alpha value is -1.06. The van der Waals surface area contributed by atoms with E-state index in [0.717, 1.165) is 18.8 Å². The lowest BCUT2D eigenvalue weighted by atomic mass is 9.84. The number of nitrogens with one attached hydrogen (secondary N) is 1. The Bertz CT molecular complexity index is 396. The molecule has 0 unspecified atom stereocenters. The molecular formula is C18H29NO2. The fourth-order valence-electron chi connectivity index (χ4n) is 3.02. The molecule has 0 radical (unpaired) electrons. The van der Waals surface area contributed by atoms with E-state index in [1.165, 1.54) is 44.1 Å². The third-order valence-corrected chi connectivity index (χ3v) is 4.34. The maximum atomic E-state index is 6.37. The zero-order chi connectivity index (χ0) is 15.0. The van der Waals surface area contributed by atoms with E-state index >= 15 is 0 Å². The van der Waals surface area contributed by atoms with Crippen molar-refractivity contribution in [3.8, 4) is 5.75 Å². The second-order valence-corrected chi connectivity index (χ2v) is 6.06. The van der Waals surface area contributed by atoms with Gasteiger partial charge in [-0.1, -0.05) is 38.3 Å². The van der Waals surface area contributed by atoms with Crippen LogP contribution in [0.1, 0.15) is 51.0 Å². The first kappa shape index (κ1) is 16.3. The van der Waals surface area contributed by atoms with E-state index in [9.17, 15) is 0 Å². The number of hydrogen-bond donors (Lipinski definition) is 1. The molecule has 1 saturated carbocycles. The Labute approximate surface area is 129 Å². The number of benzene rings is 1. The van der Waals surface area contributed by atoms with Gasteiger partial charge in [0.1, 0.15) is 5.75 Å². The molecule has 1 aromatic rings. The molecule has 0 aromatic heterocycles. The molecule has 2 rings (SSSR count). The quantitative estimate of drug-likeness (QED) is 0.737. The van der Waals surface area contributed by atoms with Gasteiger partial charge < -0.3 is 14.8 Å². The molecule has 0 aliphatic heterocycles. The second kappa shape index (κ2) is 8.40. The minimum Gasteiger partial charge on any atom is -0.497 e. The highest BCUT2D eigenvalue weighted by atomic mass is 16.5. The van der Waals surface area contributed by atoms with Gasteiger partial charge in [-0.05, 0) is 43.5 Å². The minimum atomic E-state index is 0.0351. The molecule has 1 aliphatic carbocycles. The van der Waals surface area contributed by atoms with E-state index in [4.69, 9.17) is 9.47 Å². The number of hydrogen-bond acceptors (Lipinski definition) is 3. The van der Waals surface area contributed by atoms with Gasteiger partial charge in [0.05, 0.1) is 19.3 Å². The second-order valence-electron chi connectivity index (χ2n) is 6.06. The maximum Gasteiger partial charge on any atom is 0.118 e. The van der Waals surface area contributed by atoms with Crippen LogP contribution in [0.3, 0.4) is 0 Å². The van der Waals surface area contributed by atoms with Crippen molar-refractivity contribution in [2.75, 3.05) is 20.2 Å². The molecule has 1 aliphatic rings. The summed E-state index contributed by atoms with van der Waals surface area (Å²) < 4.78 is 11.6. The van der Waals surface area contributed by atoms with Crippen LogP contribution in [0, 0.1) is 0 Å². The summed E-state index contributed by atoms with van der Waals surface area (Å²) in [5.74, 6) is 0.899. The molecule has 0 heterocycles. The molecule has 0 atom stereocenters. The van der Waals surface area contributed by atoms with Crippen LogP contribution in [-0.4, -0.2) is 25.8 Å². The van der Waals surface area contributed by atoms with Crippen LogP contribution >= 0.6 is 0 Å². The molecule has 21 heavy (non-hydrogen) atoms. The Kier molecular flexibility index (Phi) is 6.52. The molecule has 3 nitrogen and oxygen atoms in total. The van der Waals surface area contributed by atoms with E-state index < -0.39 is 0 Å². The summed E-state index contributed by atoms with van der Waals surface area (Å²) in [5, 5.41) is 3.56. The highest BCUT2D eigenvalue weighted by Gasteiger charge is 2.32. The third-order valence-electron chi connectivity index (χ3n) is 4.34. The highest BCUT2D eigenvalue weighted by molar-refractivity contribution is 5.26. The van der Waals surface area contributed by atoms with E-state index in [1.54, 1.807) is 7.11 Å². The fourth-order valence-corrected chi connectivity index (χ4v) is 3.02. The predicted octanol–water partition coefficient (Wildman–Crippen LogP) is 3.91. The van der Waals surface area contributed by atoms with E-state index in [0.29, 0.717) is 6.61 Å². The average Bonchev–Trinajstić information content (AvgIpc) is 2.55. The number of ether oxygens (including phenoxy) is 2. The van der Waals surface area contributed by atoms with Crippen molar-refractivity contribution in [2.45, 2.75) is 57.7 Å². The van der Waals surface area contributed by atoms with Crippen molar-refractivity contribution >= 4 is 0 Å². The first-order valence-electron chi connectivity index (χ1n) is 8.25. The van der Waals surface area contributed by atoms with Gasteiger partial charge in [-0.25, -0.2) is 0 Å². The molecular weight excluding hydrogens is 262 g/mol. The minimum absolute atomic E-state index is 0.0351. The monoisotopic (exact) mass is 291 g/mol. The maximum absolute atomic E-state index is 6.37. The van der Waals surface area contributed by atoms with Gasteiger partial charge >= 0.3 is 0 Å². The van der Waals surface area contributed by atoms with Crippen LogP contribution in [0.2, 0.25) is 0 Å². The van der Waals surface area contributed by atoms with Crippen molar-refractivity contribution < 1.29 is 9.47 Å². The highest BCUT2D eigenvalue weighted by Crippen LogP contribution is 2.32. The molecule has 0 bridgehead atoms. The van der Waals surface area contributed by atoms with Crippen LogP contribution < -0.4 is 10.1 Å². The summed E-state index contributed by atoms with van der Waals surface area (Å²) in [4.78, 5) is 0. The molecule has 3 heteroatoms. The standard InChI is InChI=1S/C18H29NO2/c1-3-13-19-15-18(11-5-4-6-12-18)21-14-16-7-9-17(20-2)10-8-16/h7-10,19H,3-6,11-15H2,1-2H3. The molecule has 0 saturated heterocycles. The summed E-state index contributed by atoms with van der Waals surface area (Å²) in [7, 11) is 1.70. The molecule has 0 spiro atoms. The smallest absolute Gasteiger partial charge is 0.118 e.